The molecule has 16 heavy (non-hydrogen) atoms. The molecule has 1 fully saturated rings. The zero-order valence-electron chi connectivity index (χ0n) is 9.76. The number of amidine groups is 1. The Labute approximate surface area is 96.8 Å². The first-order valence-electron chi connectivity index (χ1n) is 6.01. The number of pyridine rings is 1. The maximum atomic E-state index is 6.04. The largest absolute Gasteiger partial charge is 0.387 e. The number of nitrogens with zero attached hydrogens (tertiary/aromatic N) is 2. The fourth-order valence-electron chi connectivity index (χ4n) is 2.24. The summed E-state index contributed by atoms with van der Waals surface area (Å²) in [5.41, 5.74) is 7.03. The topological polar surface area (TPSA) is 51.3 Å². The molecule has 3 nitrogen and oxygen atoms in total. The van der Waals surface area contributed by atoms with Crippen LogP contribution in [0.4, 0.5) is 0 Å². The molecule has 0 radical (unpaired) electrons. The molecule has 0 bridgehead atoms. The SMILES string of the molecule is CC(N=C(N)C1CCCC1)c1ccccn1. The van der Waals surface area contributed by atoms with Gasteiger partial charge in [0, 0.05) is 12.1 Å². The highest BCUT2D eigenvalue weighted by molar-refractivity contribution is 5.83. The van der Waals surface area contributed by atoms with Crippen molar-refractivity contribution in [3.63, 3.8) is 0 Å². The van der Waals surface area contributed by atoms with Crippen molar-refractivity contribution in [3.05, 3.63) is 30.1 Å². The first-order chi connectivity index (χ1) is 7.77. The van der Waals surface area contributed by atoms with Crippen molar-refractivity contribution in [1.29, 1.82) is 0 Å². The van der Waals surface area contributed by atoms with Gasteiger partial charge in [-0.05, 0) is 31.9 Å². The zero-order chi connectivity index (χ0) is 11.4. The Morgan fingerprint density at radius 2 is 2.19 bits per heavy atom. The predicted molar refractivity (Wildman–Crippen MR) is 66.2 cm³/mol. The minimum Gasteiger partial charge on any atom is -0.387 e. The lowest BCUT2D eigenvalue weighted by Gasteiger charge is -2.11. The fraction of sp³-hybridized carbons (Fsp3) is 0.538. The van der Waals surface area contributed by atoms with Crippen molar-refractivity contribution in [2.45, 2.75) is 38.6 Å². The lowest BCUT2D eigenvalue weighted by Crippen LogP contribution is -2.22. The second kappa shape index (κ2) is 5.10. The van der Waals surface area contributed by atoms with Crippen LogP contribution in [0.15, 0.2) is 29.4 Å². The molecule has 1 aromatic rings. The van der Waals surface area contributed by atoms with Crippen molar-refractivity contribution < 1.29 is 0 Å². The van der Waals surface area contributed by atoms with E-state index >= 15 is 0 Å². The highest BCUT2D eigenvalue weighted by Gasteiger charge is 2.19. The monoisotopic (exact) mass is 217 g/mol. The molecule has 3 heteroatoms. The van der Waals surface area contributed by atoms with Crippen LogP contribution in [0, 0.1) is 5.92 Å². The third-order valence-corrected chi connectivity index (χ3v) is 3.23. The molecule has 0 saturated heterocycles. The van der Waals surface area contributed by atoms with Gasteiger partial charge in [0.15, 0.2) is 0 Å². The van der Waals surface area contributed by atoms with E-state index in [1.54, 1.807) is 6.20 Å². The maximum Gasteiger partial charge on any atom is 0.0976 e. The number of aliphatic imine (C=N–C) groups is 1. The van der Waals surface area contributed by atoms with Crippen LogP contribution in [-0.4, -0.2) is 10.8 Å². The predicted octanol–water partition coefficient (Wildman–Crippen LogP) is 2.69. The van der Waals surface area contributed by atoms with E-state index in [1.807, 2.05) is 25.1 Å². The first kappa shape index (κ1) is 11.1. The standard InChI is InChI=1S/C13H19N3/c1-10(12-8-4-5-9-15-12)16-13(14)11-6-2-3-7-11/h4-5,8-11H,2-3,6-7H2,1H3,(H2,14,16). The highest BCUT2D eigenvalue weighted by Crippen LogP contribution is 2.26. The Morgan fingerprint density at radius 1 is 1.44 bits per heavy atom. The van der Waals surface area contributed by atoms with Crippen molar-refractivity contribution >= 4 is 5.84 Å². The maximum absolute atomic E-state index is 6.04. The smallest absolute Gasteiger partial charge is 0.0976 e. The van der Waals surface area contributed by atoms with Crippen LogP contribution in [0.5, 0.6) is 0 Å². The van der Waals surface area contributed by atoms with Gasteiger partial charge in [-0.3, -0.25) is 9.98 Å². The van der Waals surface area contributed by atoms with Gasteiger partial charge in [-0.25, -0.2) is 0 Å². The molecular weight excluding hydrogens is 198 g/mol. The molecule has 0 aromatic carbocycles. The molecule has 86 valence electrons. The minimum absolute atomic E-state index is 0.0711. The second-order valence-electron chi connectivity index (χ2n) is 4.47. The summed E-state index contributed by atoms with van der Waals surface area (Å²) >= 11 is 0. The second-order valence-corrected chi connectivity index (χ2v) is 4.47. The van der Waals surface area contributed by atoms with Gasteiger partial charge in [0.25, 0.3) is 0 Å². The van der Waals surface area contributed by atoms with E-state index in [0.717, 1.165) is 11.5 Å². The van der Waals surface area contributed by atoms with Crippen LogP contribution >= 0.6 is 0 Å². The number of hydrogen-bond acceptors (Lipinski definition) is 2. The van der Waals surface area contributed by atoms with Gasteiger partial charge in [-0.2, -0.15) is 0 Å². The molecule has 1 aromatic heterocycles. The van der Waals surface area contributed by atoms with E-state index in [2.05, 4.69) is 9.98 Å². The van der Waals surface area contributed by atoms with E-state index in [9.17, 15) is 0 Å². The van der Waals surface area contributed by atoms with Gasteiger partial charge in [-0.15, -0.1) is 0 Å². The Balaban J connectivity index is 2.05. The van der Waals surface area contributed by atoms with Gasteiger partial charge in [0.1, 0.15) is 0 Å². The Bertz CT molecular complexity index is 353. The van der Waals surface area contributed by atoms with Crippen molar-refractivity contribution in [2.75, 3.05) is 0 Å². The van der Waals surface area contributed by atoms with Crippen LogP contribution in [-0.2, 0) is 0 Å². The Hall–Kier alpha value is -1.38. The molecule has 0 aliphatic heterocycles. The van der Waals surface area contributed by atoms with Crippen molar-refractivity contribution in [3.8, 4) is 0 Å². The Morgan fingerprint density at radius 3 is 2.81 bits per heavy atom. The quantitative estimate of drug-likeness (QED) is 0.625. The number of aromatic nitrogens is 1. The average molecular weight is 217 g/mol. The van der Waals surface area contributed by atoms with Gasteiger partial charge in [-0.1, -0.05) is 18.9 Å². The molecular formula is C13H19N3. The molecule has 2 N–H and O–H groups in total. The molecule has 1 heterocycles. The molecule has 2 rings (SSSR count). The summed E-state index contributed by atoms with van der Waals surface area (Å²) in [6.45, 7) is 2.05. The summed E-state index contributed by atoms with van der Waals surface area (Å²) in [7, 11) is 0. The van der Waals surface area contributed by atoms with Crippen LogP contribution < -0.4 is 5.73 Å². The van der Waals surface area contributed by atoms with Gasteiger partial charge < -0.3 is 5.73 Å². The van der Waals surface area contributed by atoms with Crippen molar-refractivity contribution in [1.82, 2.24) is 4.98 Å². The lowest BCUT2D eigenvalue weighted by atomic mass is 10.1. The molecule has 1 aliphatic rings. The molecule has 1 aliphatic carbocycles. The van der Waals surface area contributed by atoms with Gasteiger partial charge in [0.2, 0.25) is 0 Å². The third-order valence-electron chi connectivity index (χ3n) is 3.23. The molecule has 0 amide bonds. The van der Waals surface area contributed by atoms with E-state index in [0.29, 0.717) is 5.92 Å². The summed E-state index contributed by atoms with van der Waals surface area (Å²) in [4.78, 5) is 8.86. The molecule has 1 saturated carbocycles. The lowest BCUT2D eigenvalue weighted by molar-refractivity contribution is 0.694. The fourth-order valence-corrected chi connectivity index (χ4v) is 2.24. The summed E-state index contributed by atoms with van der Waals surface area (Å²) in [5, 5.41) is 0. The first-order valence-corrected chi connectivity index (χ1v) is 6.01. The summed E-state index contributed by atoms with van der Waals surface area (Å²) in [6.07, 6.45) is 6.78. The van der Waals surface area contributed by atoms with Crippen LogP contribution in [0.1, 0.15) is 44.3 Å². The summed E-state index contributed by atoms with van der Waals surface area (Å²) < 4.78 is 0. The van der Waals surface area contributed by atoms with Crippen LogP contribution in [0.25, 0.3) is 0 Å². The van der Waals surface area contributed by atoms with E-state index in [4.69, 9.17) is 5.73 Å². The summed E-state index contributed by atoms with van der Waals surface area (Å²) in [5.74, 6) is 1.32. The molecule has 0 spiro atoms. The van der Waals surface area contributed by atoms with Gasteiger partial charge in [0.05, 0.1) is 17.6 Å². The molecule has 1 unspecified atom stereocenters. The van der Waals surface area contributed by atoms with E-state index < -0.39 is 0 Å². The number of rotatable bonds is 3. The number of hydrogen-bond donors (Lipinski definition) is 1. The average Bonchev–Trinajstić information content (AvgIpc) is 2.83. The van der Waals surface area contributed by atoms with Crippen molar-refractivity contribution in [2.24, 2.45) is 16.6 Å². The van der Waals surface area contributed by atoms with E-state index in [-0.39, 0.29) is 6.04 Å². The molecule has 1 atom stereocenters. The third kappa shape index (κ3) is 2.60. The van der Waals surface area contributed by atoms with Gasteiger partial charge >= 0.3 is 0 Å². The highest BCUT2D eigenvalue weighted by atomic mass is 14.9. The zero-order valence-corrected chi connectivity index (χ0v) is 9.76. The van der Waals surface area contributed by atoms with Crippen LogP contribution in [0.3, 0.4) is 0 Å². The summed E-state index contributed by atoms with van der Waals surface area (Å²) in [6, 6.07) is 5.97. The number of nitrogens with two attached hydrogens (primary N) is 1. The normalized spacial score (nSPS) is 19.9. The Kier molecular flexibility index (Phi) is 3.54. The minimum atomic E-state index is 0.0711. The van der Waals surface area contributed by atoms with E-state index in [1.165, 1.54) is 25.7 Å². The van der Waals surface area contributed by atoms with Crippen LogP contribution in [0.2, 0.25) is 0 Å².